The first kappa shape index (κ1) is 23.8. The van der Waals surface area contributed by atoms with Crippen molar-refractivity contribution in [1.29, 1.82) is 0 Å². The van der Waals surface area contributed by atoms with E-state index < -0.39 is 0 Å². The molecule has 0 aliphatic carbocycles. The third-order valence-electron chi connectivity index (χ3n) is 5.16. The molecular weight excluding hydrogens is 444 g/mol. The first-order chi connectivity index (χ1) is 15.3. The number of nitrogens with one attached hydrogen (secondary N) is 1. The zero-order valence-electron chi connectivity index (χ0n) is 18.6. The average Bonchev–Trinajstić information content (AvgIpc) is 3.03. The monoisotopic (exact) mass is 470 g/mol. The number of thiocarbonyl (C=S) groups is 1. The zero-order valence-corrected chi connectivity index (χ0v) is 20.2. The Labute approximate surface area is 198 Å². The molecule has 0 aromatic heterocycles. The summed E-state index contributed by atoms with van der Waals surface area (Å²) >= 11 is 6.65. The Morgan fingerprint density at radius 1 is 1.09 bits per heavy atom. The predicted octanol–water partition coefficient (Wildman–Crippen LogP) is 4.94. The van der Waals surface area contributed by atoms with Crippen LogP contribution in [0.1, 0.15) is 29.5 Å². The Balaban J connectivity index is 1.57. The molecule has 0 unspecified atom stereocenters. The van der Waals surface area contributed by atoms with Crippen molar-refractivity contribution in [1.82, 2.24) is 4.90 Å². The third kappa shape index (κ3) is 5.69. The average molecular weight is 471 g/mol. The Kier molecular flexibility index (Phi) is 7.93. The Morgan fingerprint density at radius 3 is 2.53 bits per heavy atom. The second kappa shape index (κ2) is 10.7. The van der Waals surface area contributed by atoms with Crippen LogP contribution in [-0.2, 0) is 9.59 Å². The van der Waals surface area contributed by atoms with Crippen LogP contribution in [0.25, 0.3) is 6.08 Å². The van der Waals surface area contributed by atoms with Crippen molar-refractivity contribution in [3.05, 3.63) is 58.0 Å². The van der Waals surface area contributed by atoms with E-state index in [1.807, 2.05) is 44.2 Å². The highest BCUT2D eigenvalue weighted by molar-refractivity contribution is 8.26. The first-order valence-electron chi connectivity index (χ1n) is 10.2. The van der Waals surface area contributed by atoms with Crippen LogP contribution in [0.15, 0.2) is 41.3 Å². The molecule has 1 fully saturated rings. The number of methoxy groups -OCH3 is 2. The standard InChI is InChI=1S/C24H26N2O4S2/c1-15-7-9-18(12-16(15)2)25-22(27)6-5-11-26-23(28)21(32-24(26)31)14-17-8-10-19(29-3)20(13-17)30-4/h7-10,12-14H,5-6,11H2,1-4H3,(H,25,27). The maximum atomic E-state index is 12.8. The lowest BCUT2D eigenvalue weighted by molar-refractivity contribution is -0.122. The van der Waals surface area contributed by atoms with Gasteiger partial charge in [0, 0.05) is 18.7 Å². The number of carbonyl (C=O) groups is 2. The maximum Gasteiger partial charge on any atom is 0.266 e. The Bertz CT molecular complexity index is 1080. The highest BCUT2D eigenvalue weighted by Crippen LogP contribution is 2.34. The molecule has 0 spiro atoms. The first-order valence-corrected chi connectivity index (χ1v) is 11.4. The predicted molar refractivity (Wildman–Crippen MR) is 133 cm³/mol. The second-order valence-electron chi connectivity index (χ2n) is 7.40. The van der Waals surface area contributed by atoms with E-state index in [0.29, 0.717) is 40.1 Å². The van der Waals surface area contributed by atoms with E-state index in [-0.39, 0.29) is 11.8 Å². The minimum absolute atomic E-state index is 0.0837. The molecule has 0 saturated carbocycles. The SMILES string of the molecule is COc1ccc(C=C2SC(=S)N(CCCC(=O)Nc3ccc(C)c(C)c3)C2=O)cc1OC. The summed E-state index contributed by atoms with van der Waals surface area (Å²) in [6.45, 7) is 4.44. The van der Waals surface area contributed by atoms with E-state index in [2.05, 4.69) is 5.32 Å². The summed E-state index contributed by atoms with van der Waals surface area (Å²) in [6.07, 6.45) is 2.61. The molecule has 2 amide bonds. The van der Waals surface area contributed by atoms with Gasteiger partial charge in [0.1, 0.15) is 4.32 Å². The van der Waals surface area contributed by atoms with Gasteiger partial charge in [0.25, 0.3) is 5.91 Å². The molecule has 8 heteroatoms. The van der Waals surface area contributed by atoms with Crippen molar-refractivity contribution in [3.8, 4) is 11.5 Å². The minimum Gasteiger partial charge on any atom is -0.493 e. The van der Waals surface area contributed by atoms with Gasteiger partial charge in [-0.3, -0.25) is 14.5 Å². The van der Waals surface area contributed by atoms with Crippen LogP contribution < -0.4 is 14.8 Å². The van der Waals surface area contributed by atoms with Gasteiger partial charge in [-0.2, -0.15) is 0 Å². The fourth-order valence-corrected chi connectivity index (χ4v) is 4.54. The van der Waals surface area contributed by atoms with Crippen molar-refractivity contribution in [2.75, 3.05) is 26.1 Å². The van der Waals surface area contributed by atoms with Crippen molar-refractivity contribution >= 4 is 51.9 Å². The summed E-state index contributed by atoms with van der Waals surface area (Å²) in [5, 5.41) is 2.91. The molecule has 168 valence electrons. The van der Waals surface area contributed by atoms with Gasteiger partial charge in [-0.15, -0.1) is 0 Å². The van der Waals surface area contributed by atoms with Gasteiger partial charge in [0.2, 0.25) is 5.91 Å². The largest absolute Gasteiger partial charge is 0.493 e. The number of rotatable bonds is 8. The van der Waals surface area contributed by atoms with Crippen LogP contribution in [0.2, 0.25) is 0 Å². The van der Waals surface area contributed by atoms with Crippen LogP contribution in [0, 0.1) is 13.8 Å². The summed E-state index contributed by atoms with van der Waals surface area (Å²) in [4.78, 5) is 27.2. The van der Waals surface area contributed by atoms with E-state index >= 15 is 0 Å². The van der Waals surface area contributed by atoms with Gasteiger partial charge in [0.05, 0.1) is 19.1 Å². The summed E-state index contributed by atoms with van der Waals surface area (Å²) in [6, 6.07) is 11.3. The van der Waals surface area contributed by atoms with Gasteiger partial charge in [-0.05, 0) is 67.3 Å². The summed E-state index contributed by atoms with van der Waals surface area (Å²) < 4.78 is 11.1. The summed E-state index contributed by atoms with van der Waals surface area (Å²) in [5.41, 5.74) is 3.90. The van der Waals surface area contributed by atoms with E-state index in [1.54, 1.807) is 31.3 Å². The molecule has 3 rings (SSSR count). The molecule has 0 bridgehead atoms. The topological polar surface area (TPSA) is 67.9 Å². The van der Waals surface area contributed by atoms with E-state index in [9.17, 15) is 9.59 Å². The van der Waals surface area contributed by atoms with E-state index in [0.717, 1.165) is 16.8 Å². The number of ether oxygens (including phenoxy) is 2. The van der Waals surface area contributed by atoms with Gasteiger partial charge >= 0.3 is 0 Å². The molecule has 1 aliphatic heterocycles. The quantitative estimate of drug-likeness (QED) is 0.435. The lowest BCUT2D eigenvalue weighted by Gasteiger charge is -2.14. The molecule has 1 saturated heterocycles. The fraction of sp³-hybridized carbons (Fsp3) is 0.292. The zero-order chi connectivity index (χ0) is 23.3. The van der Waals surface area contributed by atoms with Crippen LogP contribution in [0.4, 0.5) is 5.69 Å². The highest BCUT2D eigenvalue weighted by atomic mass is 32.2. The molecule has 1 heterocycles. The molecule has 0 radical (unpaired) electrons. The van der Waals surface area contributed by atoms with E-state index in [4.69, 9.17) is 21.7 Å². The lowest BCUT2D eigenvalue weighted by Crippen LogP contribution is -2.29. The fourth-order valence-electron chi connectivity index (χ4n) is 3.23. The molecule has 1 N–H and O–H groups in total. The van der Waals surface area contributed by atoms with Crippen LogP contribution in [-0.4, -0.2) is 41.8 Å². The third-order valence-corrected chi connectivity index (χ3v) is 6.53. The molecule has 0 atom stereocenters. The molecule has 2 aromatic carbocycles. The van der Waals surface area contributed by atoms with Gasteiger partial charge in [-0.1, -0.05) is 36.1 Å². The summed E-state index contributed by atoms with van der Waals surface area (Å²) in [7, 11) is 3.14. The smallest absolute Gasteiger partial charge is 0.266 e. The number of hydrogen-bond acceptors (Lipinski definition) is 6. The van der Waals surface area contributed by atoms with Crippen LogP contribution in [0.3, 0.4) is 0 Å². The number of hydrogen-bond donors (Lipinski definition) is 1. The normalized spacial score (nSPS) is 14.8. The number of thioether (sulfide) groups is 1. The number of carbonyl (C=O) groups excluding carboxylic acids is 2. The molecule has 1 aliphatic rings. The van der Waals surface area contributed by atoms with Gasteiger partial charge in [-0.25, -0.2) is 0 Å². The molecule has 2 aromatic rings. The van der Waals surface area contributed by atoms with Crippen molar-refractivity contribution < 1.29 is 19.1 Å². The number of aryl methyl sites for hydroxylation is 2. The van der Waals surface area contributed by atoms with E-state index in [1.165, 1.54) is 17.3 Å². The minimum atomic E-state index is -0.149. The molecule has 32 heavy (non-hydrogen) atoms. The number of anilines is 1. The molecule has 6 nitrogen and oxygen atoms in total. The second-order valence-corrected chi connectivity index (χ2v) is 9.07. The lowest BCUT2D eigenvalue weighted by atomic mass is 10.1. The van der Waals surface area contributed by atoms with Crippen molar-refractivity contribution in [2.45, 2.75) is 26.7 Å². The van der Waals surface area contributed by atoms with Gasteiger partial charge < -0.3 is 14.8 Å². The summed E-state index contributed by atoms with van der Waals surface area (Å²) in [5.74, 6) is 0.978. The highest BCUT2D eigenvalue weighted by Gasteiger charge is 2.31. The van der Waals surface area contributed by atoms with Crippen molar-refractivity contribution in [2.24, 2.45) is 0 Å². The Hall–Kier alpha value is -2.84. The Morgan fingerprint density at radius 2 is 1.84 bits per heavy atom. The van der Waals surface area contributed by atoms with Gasteiger partial charge in [0.15, 0.2) is 11.5 Å². The van der Waals surface area contributed by atoms with Crippen LogP contribution >= 0.6 is 24.0 Å². The molecular formula is C24H26N2O4S2. The van der Waals surface area contributed by atoms with Crippen molar-refractivity contribution in [3.63, 3.8) is 0 Å². The number of amides is 2. The number of benzene rings is 2. The maximum absolute atomic E-state index is 12.8. The van der Waals surface area contributed by atoms with Crippen LogP contribution in [0.5, 0.6) is 11.5 Å². The number of nitrogens with zero attached hydrogens (tertiary/aromatic N) is 1.